The molecule has 0 saturated heterocycles. The van der Waals surface area contributed by atoms with Gasteiger partial charge < -0.3 is 4.57 Å². The molecule has 3 rings (SSSR count). The smallest absolute Gasteiger partial charge is 0.258 e. The van der Waals surface area contributed by atoms with E-state index in [2.05, 4.69) is 53.3 Å². The summed E-state index contributed by atoms with van der Waals surface area (Å²) in [7, 11) is 0. The Labute approximate surface area is 168 Å². The van der Waals surface area contributed by atoms with Crippen LogP contribution in [0.2, 0.25) is 0 Å². The van der Waals surface area contributed by atoms with E-state index in [9.17, 15) is 4.79 Å². The normalized spacial score (nSPS) is 11.8. The molecule has 3 aromatic rings. The first-order chi connectivity index (χ1) is 12.6. The fraction of sp³-hybridized carbons (Fsp3) is 0.294. The Morgan fingerprint density at radius 3 is 2.65 bits per heavy atom. The van der Waals surface area contributed by atoms with Gasteiger partial charge in [-0.05, 0) is 18.2 Å². The number of aromatic nitrogens is 3. The van der Waals surface area contributed by atoms with E-state index < -0.39 is 0 Å². The number of nitrogens with zero attached hydrogens (tertiary/aromatic N) is 4. The highest BCUT2D eigenvalue weighted by atomic mass is 32.2. The predicted molar refractivity (Wildman–Crippen MR) is 110 cm³/mol. The number of rotatable bonds is 7. The summed E-state index contributed by atoms with van der Waals surface area (Å²) >= 11 is 6.04. The van der Waals surface area contributed by atoms with Gasteiger partial charge in [0.1, 0.15) is 0 Å². The zero-order valence-corrected chi connectivity index (χ0v) is 17.7. The Hall–Kier alpha value is -1.42. The Bertz CT molecular complexity index is 927. The molecule has 0 spiro atoms. The van der Waals surface area contributed by atoms with Crippen LogP contribution in [0.5, 0.6) is 0 Å². The molecule has 0 N–H and O–H groups in total. The van der Waals surface area contributed by atoms with Crippen molar-refractivity contribution in [2.45, 2.75) is 29.1 Å². The van der Waals surface area contributed by atoms with Gasteiger partial charge in [-0.25, -0.2) is 0 Å². The number of aryl methyl sites for hydroxylation is 1. The summed E-state index contributed by atoms with van der Waals surface area (Å²) in [6, 6.07) is 8.38. The molecule has 136 valence electrons. The van der Waals surface area contributed by atoms with Gasteiger partial charge in [-0.15, -0.1) is 21.5 Å². The first-order valence-electron chi connectivity index (χ1n) is 8.00. The molecule has 0 fully saturated rings. The standard InChI is InChI=1S/C17H18N4OS4/c1-3-23-16-19-20-17(26-16)25-11-14(22)18-15-21(8-9-24-15)10-13-6-4-12(2)5-7-13/h4-9H,3,10-11H2,1-2H3. The van der Waals surface area contributed by atoms with Gasteiger partial charge in [-0.1, -0.05) is 71.6 Å². The molecule has 1 aromatic carbocycles. The summed E-state index contributed by atoms with van der Waals surface area (Å²) in [6.07, 6.45) is 1.96. The van der Waals surface area contributed by atoms with Crippen molar-refractivity contribution >= 4 is 52.1 Å². The third kappa shape index (κ3) is 5.54. The molecule has 1 amide bonds. The second-order valence-corrected chi connectivity index (χ2v) is 9.94. The first kappa shape index (κ1) is 19.3. The average molecular weight is 423 g/mol. The average Bonchev–Trinajstić information content (AvgIpc) is 3.25. The quantitative estimate of drug-likeness (QED) is 0.537. The highest BCUT2D eigenvalue weighted by molar-refractivity contribution is 8.03. The monoisotopic (exact) mass is 422 g/mol. The number of benzene rings is 1. The summed E-state index contributed by atoms with van der Waals surface area (Å²) in [4.78, 5) is 17.2. The van der Waals surface area contributed by atoms with Crippen molar-refractivity contribution in [3.63, 3.8) is 0 Å². The summed E-state index contributed by atoms with van der Waals surface area (Å²) in [5.41, 5.74) is 2.42. The number of thioether (sulfide) groups is 2. The third-order valence-electron chi connectivity index (χ3n) is 3.33. The van der Waals surface area contributed by atoms with Crippen molar-refractivity contribution in [2.75, 3.05) is 11.5 Å². The second-order valence-electron chi connectivity index (χ2n) is 5.36. The fourth-order valence-electron chi connectivity index (χ4n) is 2.10. The third-order valence-corrected chi connectivity index (χ3v) is 7.18. The maximum absolute atomic E-state index is 12.2. The van der Waals surface area contributed by atoms with Crippen molar-refractivity contribution < 1.29 is 4.79 Å². The van der Waals surface area contributed by atoms with E-state index >= 15 is 0 Å². The van der Waals surface area contributed by atoms with E-state index in [4.69, 9.17) is 0 Å². The molecule has 0 bridgehead atoms. The fourth-order valence-corrected chi connectivity index (χ4v) is 5.54. The van der Waals surface area contributed by atoms with Crippen molar-refractivity contribution in [1.82, 2.24) is 14.8 Å². The number of carbonyl (C=O) groups excluding carboxylic acids is 1. The number of amides is 1. The van der Waals surface area contributed by atoms with Crippen LogP contribution in [0.15, 0.2) is 49.5 Å². The van der Waals surface area contributed by atoms with Crippen LogP contribution >= 0.6 is 46.2 Å². The maximum Gasteiger partial charge on any atom is 0.258 e. The lowest BCUT2D eigenvalue weighted by Gasteiger charge is -2.03. The minimum atomic E-state index is -0.157. The van der Waals surface area contributed by atoms with Crippen molar-refractivity contribution in [3.8, 4) is 0 Å². The van der Waals surface area contributed by atoms with Gasteiger partial charge in [-0.2, -0.15) is 4.99 Å². The van der Waals surface area contributed by atoms with E-state index in [0.29, 0.717) is 6.54 Å². The number of carbonyl (C=O) groups is 1. The SMILES string of the molecule is CCSc1nnc(SCC(=O)N=c2sccn2Cc2ccc(C)cc2)s1. The van der Waals surface area contributed by atoms with Crippen LogP contribution in [0.3, 0.4) is 0 Å². The maximum atomic E-state index is 12.2. The van der Waals surface area contributed by atoms with E-state index in [-0.39, 0.29) is 11.7 Å². The van der Waals surface area contributed by atoms with Gasteiger partial charge in [0.15, 0.2) is 13.5 Å². The molecule has 0 aliphatic carbocycles. The topological polar surface area (TPSA) is 60.1 Å². The Kier molecular flexibility index (Phi) is 7.07. The first-order valence-corrected chi connectivity index (χ1v) is 11.7. The molecule has 0 atom stereocenters. The van der Waals surface area contributed by atoms with Gasteiger partial charge in [0.05, 0.1) is 5.75 Å². The molecule has 0 radical (unpaired) electrons. The minimum Gasteiger partial charge on any atom is -0.319 e. The predicted octanol–water partition coefficient (Wildman–Crippen LogP) is 4.09. The summed E-state index contributed by atoms with van der Waals surface area (Å²) in [6.45, 7) is 4.85. The number of thiazole rings is 1. The van der Waals surface area contributed by atoms with Crippen molar-refractivity contribution in [1.29, 1.82) is 0 Å². The molecule has 2 heterocycles. The molecule has 0 unspecified atom stereocenters. The lowest BCUT2D eigenvalue weighted by molar-refractivity contribution is -0.115. The molecule has 0 aliphatic heterocycles. The summed E-state index contributed by atoms with van der Waals surface area (Å²) in [5, 5.41) is 10.1. The zero-order valence-electron chi connectivity index (χ0n) is 14.4. The number of hydrogen-bond donors (Lipinski definition) is 0. The van der Waals surface area contributed by atoms with Gasteiger partial charge in [0.2, 0.25) is 0 Å². The Morgan fingerprint density at radius 1 is 1.19 bits per heavy atom. The van der Waals surface area contributed by atoms with E-state index in [1.165, 1.54) is 45.6 Å². The van der Waals surface area contributed by atoms with Crippen LogP contribution in [-0.2, 0) is 11.3 Å². The number of hydrogen-bond acceptors (Lipinski definition) is 7. The highest BCUT2D eigenvalue weighted by Crippen LogP contribution is 2.28. The van der Waals surface area contributed by atoms with Gasteiger partial charge >= 0.3 is 0 Å². The molecular weight excluding hydrogens is 404 g/mol. The zero-order chi connectivity index (χ0) is 18.4. The van der Waals surface area contributed by atoms with E-state index in [0.717, 1.165) is 19.2 Å². The summed E-state index contributed by atoms with van der Waals surface area (Å²) < 4.78 is 3.75. The molecule has 0 saturated carbocycles. The molecular formula is C17H18N4OS4. The van der Waals surface area contributed by atoms with Gasteiger partial charge in [0.25, 0.3) is 5.91 Å². The lowest BCUT2D eigenvalue weighted by Crippen LogP contribution is -2.17. The molecule has 5 nitrogen and oxygen atoms in total. The lowest BCUT2D eigenvalue weighted by atomic mass is 10.1. The summed E-state index contributed by atoms with van der Waals surface area (Å²) in [5.74, 6) is 1.08. The van der Waals surface area contributed by atoms with Crippen LogP contribution in [-0.4, -0.2) is 32.2 Å². The Morgan fingerprint density at radius 2 is 1.92 bits per heavy atom. The largest absolute Gasteiger partial charge is 0.319 e. The van der Waals surface area contributed by atoms with Crippen molar-refractivity contribution in [2.24, 2.45) is 4.99 Å². The molecule has 2 aromatic heterocycles. The Balaban J connectivity index is 1.63. The highest BCUT2D eigenvalue weighted by Gasteiger charge is 2.08. The van der Waals surface area contributed by atoms with Crippen molar-refractivity contribution in [3.05, 3.63) is 51.8 Å². The van der Waals surface area contributed by atoms with Crippen LogP contribution in [0.1, 0.15) is 18.1 Å². The second kappa shape index (κ2) is 9.50. The van der Waals surface area contributed by atoms with Crippen LogP contribution in [0.4, 0.5) is 0 Å². The van der Waals surface area contributed by atoms with E-state index in [1.54, 1.807) is 11.8 Å². The van der Waals surface area contributed by atoms with Crippen LogP contribution in [0, 0.1) is 6.92 Å². The molecule has 9 heteroatoms. The minimum absolute atomic E-state index is 0.157. The van der Waals surface area contributed by atoms with E-state index in [1.807, 2.05) is 16.1 Å². The van der Waals surface area contributed by atoms with Crippen LogP contribution in [0.25, 0.3) is 0 Å². The molecule has 26 heavy (non-hydrogen) atoms. The van der Waals surface area contributed by atoms with Gasteiger partial charge in [-0.3, -0.25) is 4.79 Å². The van der Waals surface area contributed by atoms with Gasteiger partial charge in [0, 0.05) is 18.1 Å². The van der Waals surface area contributed by atoms with Crippen LogP contribution < -0.4 is 4.80 Å². The molecule has 0 aliphatic rings.